The molecule has 6 nitrogen and oxygen atoms in total. The van der Waals surface area contributed by atoms with Crippen molar-refractivity contribution in [3.63, 3.8) is 0 Å². The van der Waals surface area contributed by atoms with Crippen molar-refractivity contribution in [2.45, 2.75) is 44.9 Å². The van der Waals surface area contributed by atoms with Gasteiger partial charge in [0.05, 0.1) is 11.8 Å². The first-order chi connectivity index (χ1) is 17.7. The second-order valence-electron chi connectivity index (χ2n) is 9.50. The van der Waals surface area contributed by atoms with E-state index in [9.17, 15) is 14.0 Å². The molecule has 3 aromatic rings. The molecular weight excluding hydrogens is 487 g/mol. The number of anilines is 1. The molecule has 37 heavy (non-hydrogen) atoms. The monoisotopic (exact) mass is 514 g/mol. The van der Waals surface area contributed by atoms with Crippen LogP contribution in [0.4, 0.5) is 10.1 Å². The van der Waals surface area contributed by atoms with Gasteiger partial charge >= 0.3 is 0 Å². The highest BCUT2D eigenvalue weighted by Gasteiger charge is 2.39. The molecule has 2 heterocycles. The van der Waals surface area contributed by atoms with Gasteiger partial charge in [-0.3, -0.25) is 9.59 Å². The van der Waals surface area contributed by atoms with Gasteiger partial charge in [-0.2, -0.15) is 10.1 Å². The molecular formula is C29H27FN4O2S. The van der Waals surface area contributed by atoms with E-state index in [1.54, 1.807) is 17.1 Å². The molecule has 2 aliphatic heterocycles. The number of carbonyl (C=O) groups is 2. The third-order valence-corrected chi connectivity index (χ3v) is 7.49. The van der Waals surface area contributed by atoms with Gasteiger partial charge in [0.2, 0.25) is 5.91 Å². The number of aryl methyl sites for hydroxylation is 3. The van der Waals surface area contributed by atoms with E-state index in [2.05, 4.69) is 10.3 Å². The highest BCUT2D eigenvalue weighted by Crippen LogP contribution is 2.38. The number of hydrogen-bond donors (Lipinski definition) is 1. The summed E-state index contributed by atoms with van der Waals surface area (Å²) in [5.41, 5.74) is 6.69. The number of halogens is 1. The van der Waals surface area contributed by atoms with Crippen LogP contribution in [0.2, 0.25) is 0 Å². The summed E-state index contributed by atoms with van der Waals surface area (Å²) in [6.07, 6.45) is 0.591. The van der Waals surface area contributed by atoms with Crippen molar-refractivity contribution in [2.75, 3.05) is 5.32 Å². The fourth-order valence-corrected chi connectivity index (χ4v) is 5.64. The molecule has 8 heteroatoms. The van der Waals surface area contributed by atoms with Crippen molar-refractivity contribution in [3.05, 3.63) is 100 Å². The van der Waals surface area contributed by atoms with Crippen LogP contribution in [-0.2, 0) is 9.59 Å². The minimum atomic E-state index is -0.631. The van der Waals surface area contributed by atoms with Gasteiger partial charge in [-0.25, -0.2) is 9.40 Å². The number of nitrogens with zero attached hydrogens (tertiary/aromatic N) is 3. The van der Waals surface area contributed by atoms with E-state index >= 15 is 0 Å². The van der Waals surface area contributed by atoms with Gasteiger partial charge in [-0.15, -0.1) is 0 Å². The molecule has 2 atom stereocenters. The summed E-state index contributed by atoms with van der Waals surface area (Å²) in [4.78, 5) is 29.8. The van der Waals surface area contributed by atoms with Gasteiger partial charge in [-0.1, -0.05) is 59.8 Å². The Morgan fingerprint density at radius 1 is 1.00 bits per heavy atom. The summed E-state index contributed by atoms with van der Waals surface area (Å²) < 4.78 is 13.6. The lowest BCUT2D eigenvalue weighted by Crippen LogP contribution is -2.25. The average molecular weight is 515 g/mol. The molecule has 3 aromatic carbocycles. The molecule has 0 spiro atoms. The smallest absolute Gasteiger partial charge is 0.262 e. The van der Waals surface area contributed by atoms with Crippen LogP contribution in [0.25, 0.3) is 0 Å². The lowest BCUT2D eigenvalue weighted by Gasteiger charge is -2.23. The topological polar surface area (TPSA) is 74.1 Å². The largest absolute Gasteiger partial charge is 0.326 e. The standard InChI is InChI=1S/C29H27FN4O2S/c1-17-4-6-20(7-5-17)24-15-25(21-8-10-22(30)11-9-21)34(33-24)29-32-28(36)26(37-29)16-27(35)31-23-13-18(2)12-19(3)14-23/h4-14,25-26H,15-16H2,1-3H3,(H,31,35)/t25-,26+/m1/s1. The maximum Gasteiger partial charge on any atom is 0.262 e. The number of thioether (sulfide) groups is 1. The molecule has 5 rings (SSSR count). The molecule has 1 N–H and O–H groups in total. The van der Waals surface area contributed by atoms with Crippen molar-refractivity contribution in [1.82, 2.24) is 5.01 Å². The van der Waals surface area contributed by atoms with Crippen LogP contribution < -0.4 is 5.32 Å². The van der Waals surface area contributed by atoms with Gasteiger partial charge in [0, 0.05) is 18.5 Å². The zero-order valence-corrected chi connectivity index (χ0v) is 21.7. The first-order valence-electron chi connectivity index (χ1n) is 12.1. The molecule has 0 aliphatic carbocycles. The SMILES string of the molecule is Cc1ccc(C2=NN(C3=NC(=O)[C@H](CC(=O)Nc4cc(C)cc(C)c4)S3)[C@@H](c3ccc(F)cc3)C2)cc1. The molecule has 0 fully saturated rings. The quantitative estimate of drug-likeness (QED) is 0.458. The zero-order valence-electron chi connectivity index (χ0n) is 20.9. The van der Waals surface area contributed by atoms with Gasteiger partial charge in [0.25, 0.3) is 5.91 Å². The lowest BCUT2D eigenvalue weighted by molar-refractivity contribution is -0.121. The van der Waals surface area contributed by atoms with Gasteiger partial charge in [-0.05, 0) is 67.3 Å². The van der Waals surface area contributed by atoms with E-state index in [0.717, 1.165) is 33.5 Å². The van der Waals surface area contributed by atoms with E-state index in [1.165, 1.54) is 23.9 Å². The fourth-order valence-electron chi connectivity index (χ4n) is 4.58. The van der Waals surface area contributed by atoms with Crippen molar-refractivity contribution >= 4 is 40.1 Å². The predicted molar refractivity (Wildman–Crippen MR) is 146 cm³/mol. The average Bonchev–Trinajstić information content (AvgIpc) is 3.43. The minimum absolute atomic E-state index is 0.00702. The summed E-state index contributed by atoms with van der Waals surface area (Å²) in [7, 11) is 0. The van der Waals surface area contributed by atoms with Crippen molar-refractivity contribution < 1.29 is 14.0 Å². The number of hydrazone groups is 1. The van der Waals surface area contributed by atoms with Crippen LogP contribution in [0.15, 0.2) is 76.8 Å². The Bertz CT molecular complexity index is 1400. The van der Waals surface area contributed by atoms with E-state index in [0.29, 0.717) is 17.3 Å². The second-order valence-corrected chi connectivity index (χ2v) is 10.7. The van der Waals surface area contributed by atoms with Crippen LogP contribution in [0.3, 0.4) is 0 Å². The second kappa shape index (κ2) is 10.3. The predicted octanol–water partition coefficient (Wildman–Crippen LogP) is 5.93. The van der Waals surface area contributed by atoms with Crippen LogP contribution >= 0.6 is 11.8 Å². The van der Waals surface area contributed by atoms with E-state index in [1.807, 2.05) is 63.2 Å². The van der Waals surface area contributed by atoms with Crippen molar-refractivity contribution in [3.8, 4) is 0 Å². The molecule has 0 aromatic heterocycles. The van der Waals surface area contributed by atoms with E-state index in [-0.39, 0.29) is 30.1 Å². The van der Waals surface area contributed by atoms with Gasteiger partial charge in [0.15, 0.2) is 5.17 Å². The van der Waals surface area contributed by atoms with Gasteiger partial charge in [0.1, 0.15) is 11.1 Å². The summed E-state index contributed by atoms with van der Waals surface area (Å²) in [6, 6.07) is 20.0. The Kier molecular flexibility index (Phi) is 6.93. The zero-order chi connectivity index (χ0) is 26.1. The number of aliphatic imine (C=N–C) groups is 1. The Morgan fingerprint density at radius 3 is 2.35 bits per heavy atom. The number of amides is 2. The number of hydrogen-bond acceptors (Lipinski definition) is 5. The minimum Gasteiger partial charge on any atom is -0.326 e. The van der Waals surface area contributed by atoms with Gasteiger partial charge < -0.3 is 5.32 Å². The normalized spacial score (nSPS) is 19.1. The number of amidine groups is 1. The number of rotatable bonds is 5. The highest BCUT2D eigenvalue weighted by atomic mass is 32.2. The molecule has 0 saturated carbocycles. The third-order valence-electron chi connectivity index (χ3n) is 6.35. The molecule has 0 saturated heterocycles. The lowest BCUT2D eigenvalue weighted by atomic mass is 9.98. The fraction of sp³-hybridized carbons (Fsp3) is 0.241. The summed E-state index contributed by atoms with van der Waals surface area (Å²) in [6.45, 7) is 5.97. The Labute approximate surface area is 219 Å². The first kappa shape index (κ1) is 24.9. The maximum absolute atomic E-state index is 13.6. The maximum atomic E-state index is 13.6. The summed E-state index contributed by atoms with van der Waals surface area (Å²) in [5.74, 6) is -0.911. The van der Waals surface area contributed by atoms with E-state index < -0.39 is 5.25 Å². The van der Waals surface area contributed by atoms with E-state index in [4.69, 9.17) is 5.10 Å². The molecule has 188 valence electrons. The number of nitrogens with one attached hydrogen (secondary N) is 1. The Hall–Kier alpha value is -3.78. The third kappa shape index (κ3) is 5.64. The Morgan fingerprint density at radius 2 is 1.68 bits per heavy atom. The highest BCUT2D eigenvalue weighted by molar-refractivity contribution is 8.15. The number of carbonyl (C=O) groups excluding carboxylic acids is 2. The molecule has 0 unspecified atom stereocenters. The van der Waals surface area contributed by atoms with Crippen LogP contribution in [0.5, 0.6) is 0 Å². The summed E-state index contributed by atoms with van der Waals surface area (Å²) >= 11 is 1.25. The number of benzene rings is 3. The molecule has 0 radical (unpaired) electrons. The van der Waals surface area contributed by atoms with Crippen molar-refractivity contribution in [1.29, 1.82) is 0 Å². The van der Waals surface area contributed by atoms with Crippen LogP contribution in [0.1, 0.15) is 46.7 Å². The van der Waals surface area contributed by atoms with Crippen LogP contribution in [0, 0.1) is 26.6 Å². The molecule has 2 amide bonds. The van der Waals surface area contributed by atoms with Crippen LogP contribution in [-0.4, -0.2) is 33.0 Å². The molecule has 0 bridgehead atoms. The molecule has 2 aliphatic rings. The Balaban J connectivity index is 1.35. The first-order valence-corrected chi connectivity index (χ1v) is 13.0. The summed E-state index contributed by atoms with van der Waals surface area (Å²) in [5, 5.41) is 9.29. The van der Waals surface area contributed by atoms with Crippen molar-refractivity contribution in [2.24, 2.45) is 10.1 Å².